The summed E-state index contributed by atoms with van der Waals surface area (Å²) >= 11 is 17.8. The van der Waals surface area contributed by atoms with E-state index in [1.54, 1.807) is 36.4 Å². The second-order valence-electron chi connectivity index (χ2n) is 3.78. The molecule has 0 aliphatic rings. The van der Waals surface area contributed by atoms with E-state index in [1.165, 1.54) is 0 Å². The van der Waals surface area contributed by atoms with Crippen LogP contribution >= 0.6 is 34.8 Å². The average molecular weight is 332 g/mol. The molecule has 2 aromatic carbocycles. The second-order valence-corrected chi connectivity index (χ2v) is 5.00. The van der Waals surface area contributed by atoms with Crippen LogP contribution < -0.4 is 10.5 Å². The SMILES string of the molecule is NC(=NO)c1c(Cl)cccc1Oc1ccc(Cl)c(Cl)c1. The minimum Gasteiger partial charge on any atom is -0.456 e. The zero-order valence-corrected chi connectivity index (χ0v) is 12.2. The first-order valence-electron chi connectivity index (χ1n) is 5.42. The van der Waals surface area contributed by atoms with E-state index in [-0.39, 0.29) is 5.84 Å². The fourth-order valence-corrected chi connectivity index (χ4v) is 2.11. The van der Waals surface area contributed by atoms with Gasteiger partial charge in [0.15, 0.2) is 5.84 Å². The van der Waals surface area contributed by atoms with Crippen molar-refractivity contribution in [1.29, 1.82) is 0 Å². The Morgan fingerprint density at radius 3 is 2.45 bits per heavy atom. The lowest BCUT2D eigenvalue weighted by Gasteiger charge is -2.12. The summed E-state index contributed by atoms with van der Waals surface area (Å²) in [6.07, 6.45) is 0. The number of oxime groups is 1. The van der Waals surface area contributed by atoms with E-state index in [4.69, 9.17) is 50.5 Å². The van der Waals surface area contributed by atoms with E-state index in [0.29, 0.717) is 32.1 Å². The number of nitrogens with zero attached hydrogens (tertiary/aromatic N) is 1. The monoisotopic (exact) mass is 330 g/mol. The van der Waals surface area contributed by atoms with Crippen LogP contribution in [-0.2, 0) is 0 Å². The van der Waals surface area contributed by atoms with Crippen molar-refractivity contribution in [2.24, 2.45) is 10.9 Å². The first-order chi connectivity index (χ1) is 9.52. The van der Waals surface area contributed by atoms with Gasteiger partial charge < -0.3 is 15.7 Å². The molecule has 0 amide bonds. The quantitative estimate of drug-likeness (QED) is 0.376. The van der Waals surface area contributed by atoms with Crippen LogP contribution in [0.2, 0.25) is 15.1 Å². The lowest BCUT2D eigenvalue weighted by atomic mass is 10.2. The topological polar surface area (TPSA) is 67.8 Å². The molecule has 7 heteroatoms. The number of amidine groups is 1. The molecule has 0 saturated heterocycles. The molecule has 0 unspecified atom stereocenters. The van der Waals surface area contributed by atoms with Crippen molar-refractivity contribution < 1.29 is 9.94 Å². The maximum atomic E-state index is 8.79. The van der Waals surface area contributed by atoms with Gasteiger partial charge in [0.1, 0.15) is 11.5 Å². The lowest BCUT2D eigenvalue weighted by Crippen LogP contribution is -2.14. The van der Waals surface area contributed by atoms with Gasteiger partial charge in [-0.1, -0.05) is 46.0 Å². The van der Waals surface area contributed by atoms with Crippen molar-refractivity contribution in [3.8, 4) is 11.5 Å². The summed E-state index contributed by atoms with van der Waals surface area (Å²) in [5, 5.41) is 12.8. The van der Waals surface area contributed by atoms with Gasteiger partial charge in [-0.05, 0) is 24.3 Å². The highest BCUT2D eigenvalue weighted by atomic mass is 35.5. The van der Waals surface area contributed by atoms with Gasteiger partial charge in [-0.2, -0.15) is 0 Å². The Kier molecular flexibility index (Phi) is 4.60. The minimum absolute atomic E-state index is 0.148. The predicted molar refractivity (Wildman–Crippen MR) is 80.5 cm³/mol. The fraction of sp³-hybridized carbons (Fsp3) is 0. The number of halogens is 3. The molecule has 0 radical (unpaired) electrons. The number of benzene rings is 2. The molecule has 0 bridgehead atoms. The Labute approximate surface area is 130 Å². The zero-order chi connectivity index (χ0) is 14.7. The third kappa shape index (κ3) is 3.10. The summed E-state index contributed by atoms with van der Waals surface area (Å²) in [6, 6.07) is 9.74. The van der Waals surface area contributed by atoms with Crippen LogP contribution in [0.25, 0.3) is 0 Å². The molecular formula is C13H9Cl3N2O2. The zero-order valence-electron chi connectivity index (χ0n) is 9.98. The molecule has 0 aliphatic heterocycles. The molecule has 2 aromatic rings. The van der Waals surface area contributed by atoms with Crippen LogP contribution in [0, 0.1) is 0 Å². The minimum atomic E-state index is -0.148. The van der Waals surface area contributed by atoms with Gasteiger partial charge >= 0.3 is 0 Å². The van der Waals surface area contributed by atoms with E-state index in [2.05, 4.69) is 5.16 Å². The van der Waals surface area contributed by atoms with Gasteiger partial charge in [0.05, 0.1) is 20.6 Å². The normalized spacial score (nSPS) is 11.4. The van der Waals surface area contributed by atoms with Crippen molar-refractivity contribution in [3.05, 3.63) is 57.0 Å². The number of hydrogen-bond donors (Lipinski definition) is 2. The van der Waals surface area contributed by atoms with Gasteiger partial charge in [-0.15, -0.1) is 0 Å². The third-order valence-electron chi connectivity index (χ3n) is 2.46. The largest absolute Gasteiger partial charge is 0.456 e. The molecule has 0 aliphatic carbocycles. The molecule has 0 atom stereocenters. The summed E-state index contributed by atoms with van der Waals surface area (Å²) in [6.45, 7) is 0. The number of nitrogens with two attached hydrogens (primary N) is 1. The molecular weight excluding hydrogens is 323 g/mol. The molecule has 3 N–H and O–H groups in total. The predicted octanol–water partition coefficient (Wildman–Crippen LogP) is 4.53. The standard InChI is InChI=1S/C13H9Cl3N2O2/c14-8-5-4-7(6-10(8)16)20-11-3-1-2-9(15)12(11)13(17)18-19/h1-6,19H,(H2,17,18). The van der Waals surface area contributed by atoms with Crippen LogP contribution in [-0.4, -0.2) is 11.0 Å². The van der Waals surface area contributed by atoms with Gasteiger partial charge in [0, 0.05) is 6.07 Å². The summed E-state index contributed by atoms with van der Waals surface area (Å²) < 4.78 is 5.65. The van der Waals surface area contributed by atoms with Crippen molar-refractivity contribution in [1.82, 2.24) is 0 Å². The molecule has 0 fully saturated rings. The maximum absolute atomic E-state index is 8.79. The van der Waals surface area contributed by atoms with Gasteiger partial charge in [-0.25, -0.2) is 0 Å². The molecule has 2 rings (SSSR count). The van der Waals surface area contributed by atoms with Gasteiger partial charge in [0.2, 0.25) is 0 Å². The summed E-state index contributed by atoms with van der Waals surface area (Å²) in [5.41, 5.74) is 5.89. The van der Waals surface area contributed by atoms with Crippen molar-refractivity contribution >= 4 is 40.6 Å². The van der Waals surface area contributed by atoms with E-state index in [0.717, 1.165) is 0 Å². The highest BCUT2D eigenvalue weighted by molar-refractivity contribution is 6.42. The molecule has 0 heterocycles. The van der Waals surface area contributed by atoms with Crippen LogP contribution in [0.3, 0.4) is 0 Å². The second kappa shape index (κ2) is 6.22. The van der Waals surface area contributed by atoms with E-state index in [9.17, 15) is 0 Å². The molecule has 20 heavy (non-hydrogen) atoms. The highest BCUT2D eigenvalue weighted by Crippen LogP contribution is 2.33. The molecule has 0 spiro atoms. The number of hydrogen-bond acceptors (Lipinski definition) is 3. The van der Waals surface area contributed by atoms with E-state index in [1.807, 2.05) is 0 Å². The van der Waals surface area contributed by atoms with Crippen molar-refractivity contribution in [3.63, 3.8) is 0 Å². The molecule has 104 valence electrons. The Morgan fingerprint density at radius 1 is 1.05 bits per heavy atom. The average Bonchev–Trinajstić information content (AvgIpc) is 2.42. The molecule has 0 saturated carbocycles. The molecule has 0 aromatic heterocycles. The van der Waals surface area contributed by atoms with E-state index < -0.39 is 0 Å². The number of rotatable bonds is 3. The molecule has 4 nitrogen and oxygen atoms in total. The number of ether oxygens (including phenoxy) is 1. The maximum Gasteiger partial charge on any atom is 0.175 e. The lowest BCUT2D eigenvalue weighted by molar-refractivity contribution is 0.318. The Hall–Kier alpha value is -1.62. The van der Waals surface area contributed by atoms with Crippen LogP contribution in [0.1, 0.15) is 5.56 Å². The van der Waals surface area contributed by atoms with Gasteiger partial charge in [0.25, 0.3) is 0 Å². The summed E-state index contributed by atoms with van der Waals surface area (Å²) in [7, 11) is 0. The van der Waals surface area contributed by atoms with E-state index >= 15 is 0 Å². The van der Waals surface area contributed by atoms with Gasteiger partial charge in [-0.3, -0.25) is 0 Å². The first-order valence-corrected chi connectivity index (χ1v) is 6.55. The Morgan fingerprint density at radius 2 is 1.80 bits per heavy atom. The summed E-state index contributed by atoms with van der Waals surface area (Å²) in [5.74, 6) is 0.644. The highest BCUT2D eigenvalue weighted by Gasteiger charge is 2.14. The Bertz CT molecular complexity index is 675. The summed E-state index contributed by atoms with van der Waals surface area (Å²) in [4.78, 5) is 0. The van der Waals surface area contributed by atoms with Crippen LogP contribution in [0.4, 0.5) is 0 Å². The van der Waals surface area contributed by atoms with Crippen LogP contribution in [0.5, 0.6) is 11.5 Å². The smallest absolute Gasteiger partial charge is 0.175 e. The van der Waals surface area contributed by atoms with Crippen molar-refractivity contribution in [2.75, 3.05) is 0 Å². The first kappa shape index (κ1) is 14.8. The third-order valence-corrected chi connectivity index (χ3v) is 3.51. The fourth-order valence-electron chi connectivity index (χ4n) is 1.56. The van der Waals surface area contributed by atoms with Crippen LogP contribution in [0.15, 0.2) is 41.6 Å². The van der Waals surface area contributed by atoms with Crippen molar-refractivity contribution in [2.45, 2.75) is 0 Å². The Balaban J connectivity index is 2.43.